The number of carbonyl (C=O) groups is 1. The SMILES string of the molecule is COC(=O)C(C)(C)CC1=CCCc2c(OCCc3nc(-c4ccc(C)nc4)oc3C)cccc21. The van der Waals surface area contributed by atoms with E-state index in [-0.39, 0.29) is 5.97 Å². The van der Waals surface area contributed by atoms with Crippen LogP contribution in [0.3, 0.4) is 0 Å². The van der Waals surface area contributed by atoms with Crippen LogP contribution in [0, 0.1) is 19.3 Å². The van der Waals surface area contributed by atoms with E-state index >= 15 is 0 Å². The average molecular weight is 461 g/mol. The summed E-state index contributed by atoms with van der Waals surface area (Å²) in [6.07, 6.45) is 7.14. The van der Waals surface area contributed by atoms with Gasteiger partial charge in [0.15, 0.2) is 0 Å². The number of rotatable bonds is 8. The molecule has 2 aromatic heterocycles. The van der Waals surface area contributed by atoms with E-state index in [4.69, 9.17) is 13.9 Å². The van der Waals surface area contributed by atoms with Gasteiger partial charge in [0.1, 0.15) is 11.5 Å². The van der Waals surface area contributed by atoms with Crippen molar-refractivity contribution in [3.63, 3.8) is 0 Å². The van der Waals surface area contributed by atoms with Gasteiger partial charge >= 0.3 is 5.97 Å². The van der Waals surface area contributed by atoms with Gasteiger partial charge in [-0.25, -0.2) is 4.98 Å². The molecule has 6 nitrogen and oxygen atoms in total. The quantitative estimate of drug-likeness (QED) is 0.390. The molecule has 178 valence electrons. The van der Waals surface area contributed by atoms with Crippen LogP contribution in [-0.2, 0) is 22.4 Å². The van der Waals surface area contributed by atoms with E-state index in [0.717, 1.165) is 46.9 Å². The fraction of sp³-hybridized carbons (Fsp3) is 0.393. The van der Waals surface area contributed by atoms with E-state index in [1.165, 1.54) is 18.2 Å². The normalized spacial score (nSPS) is 13.3. The molecule has 3 aromatic rings. The topological polar surface area (TPSA) is 74.5 Å². The Balaban J connectivity index is 1.45. The summed E-state index contributed by atoms with van der Waals surface area (Å²) in [6, 6.07) is 10.1. The van der Waals surface area contributed by atoms with Crippen LogP contribution in [0.15, 0.2) is 47.0 Å². The maximum Gasteiger partial charge on any atom is 0.311 e. The second kappa shape index (κ2) is 9.84. The van der Waals surface area contributed by atoms with Crippen LogP contribution >= 0.6 is 0 Å². The van der Waals surface area contributed by atoms with Crippen LogP contribution in [0.2, 0.25) is 0 Å². The monoisotopic (exact) mass is 460 g/mol. The van der Waals surface area contributed by atoms with Gasteiger partial charge in [0.05, 0.1) is 30.4 Å². The lowest BCUT2D eigenvalue weighted by Gasteiger charge is -2.27. The fourth-order valence-corrected chi connectivity index (χ4v) is 4.39. The Bertz CT molecular complexity index is 1210. The lowest BCUT2D eigenvalue weighted by Crippen LogP contribution is -2.26. The zero-order valence-electron chi connectivity index (χ0n) is 20.6. The standard InChI is InChI=1S/C28H32N2O4/c1-18-12-13-21(17-29-18)26-30-24(19(2)34-26)14-15-33-25-11-7-9-22-20(8-6-10-23(22)25)16-28(3,4)27(31)32-5/h7-9,11-13,17H,6,10,14-16H2,1-5H3. The molecule has 34 heavy (non-hydrogen) atoms. The molecule has 0 atom stereocenters. The van der Waals surface area contributed by atoms with Gasteiger partial charge in [-0.15, -0.1) is 0 Å². The minimum Gasteiger partial charge on any atom is -0.493 e. The Labute approximate surface area is 201 Å². The van der Waals surface area contributed by atoms with Crippen LogP contribution < -0.4 is 4.74 Å². The number of aryl methyl sites for hydroxylation is 2. The molecule has 0 saturated carbocycles. The first-order chi connectivity index (χ1) is 16.3. The maximum atomic E-state index is 12.2. The second-order valence-electron chi connectivity index (χ2n) is 9.41. The van der Waals surface area contributed by atoms with Crippen LogP contribution in [0.4, 0.5) is 0 Å². The molecule has 4 rings (SSSR count). The summed E-state index contributed by atoms with van der Waals surface area (Å²) >= 11 is 0. The number of benzene rings is 1. The molecule has 0 amide bonds. The third-order valence-corrected chi connectivity index (χ3v) is 6.28. The van der Waals surface area contributed by atoms with Crippen molar-refractivity contribution >= 4 is 11.5 Å². The highest BCUT2D eigenvalue weighted by atomic mass is 16.5. The van der Waals surface area contributed by atoms with Gasteiger partial charge in [0.25, 0.3) is 0 Å². The summed E-state index contributed by atoms with van der Waals surface area (Å²) in [5.41, 5.74) is 5.66. The smallest absolute Gasteiger partial charge is 0.311 e. The number of fused-ring (bicyclic) bond motifs is 1. The summed E-state index contributed by atoms with van der Waals surface area (Å²) in [5.74, 6) is 2.07. The molecule has 0 fully saturated rings. The molecule has 1 aliphatic rings. The van der Waals surface area contributed by atoms with Gasteiger partial charge in [0, 0.05) is 23.9 Å². The van der Waals surface area contributed by atoms with Crippen molar-refractivity contribution in [1.29, 1.82) is 0 Å². The highest BCUT2D eigenvalue weighted by molar-refractivity contribution is 5.81. The largest absolute Gasteiger partial charge is 0.493 e. The molecule has 0 aliphatic heterocycles. The van der Waals surface area contributed by atoms with Crippen molar-refractivity contribution in [2.75, 3.05) is 13.7 Å². The zero-order chi connectivity index (χ0) is 24.3. The third-order valence-electron chi connectivity index (χ3n) is 6.28. The van der Waals surface area contributed by atoms with Gasteiger partial charge in [-0.3, -0.25) is 9.78 Å². The summed E-state index contributed by atoms with van der Waals surface area (Å²) < 4.78 is 17.1. The summed E-state index contributed by atoms with van der Waals surface area (Å²) in [7, 11) is 1.44. The third kappa shape index (κ3) is 5.06. The van der Waals surface area contributed by atoms with Gasteiger partial charge in [-0.1, -0.05) is 18.2 Å². The number of ether oxygens (including phenoxy) is 2. The molecule has 2 heterocycles. The number of hydrogen-bond donors (Lipinski definition) is 0. The van der Waals surface area contributed by atoms with Gasteiger partial charge in [-0.05, 0) is 76.3 Å². The molecule has 0 bridgehead atoms. The first-order valence-corrected chi connectivity index (χ1v) is 11.7. The molecular weight excluding hydrogens is 428 g/mol. The maximum absolute atomic E-state index is 12.2. The van der Waals surface area contributed by atoms with E-state index in [1.54, 1.807) is 6.20 Å². The van der Waals surface area contributed by atoms with Crippen molar-refractivity contribution < 1.29 is 18.7 Å². The molecule has 1 aliphatic carbocycles. The zero-order valence-corrected chi connectivity index (χ0v) is 20.6. The van der Waals surface area contributed by atoms with Crippen molar-refractivity contribution in [1.82, 2.24) is 9.97 Å². The second-order valence-corrected chi connectivity index (χ2v) is 9.41. The summed E-state index contributed by atoms with van der Waals surface area (Å²) in [6.45, 7) is 8.24. The Morgan fingerprint density at radius 2 is 2.00 bits per heavy atom. The number of pyridine rings is 1. The number of carbonyl (C=O) groups excluding carboxylic acids is 1. The van der Waals surface area contributed by atoms with Crippen molar-refractivity contribution in [3.05, 3.63) is 70.9 Å². The Kier molecular flexibility index (Phi) is 6.87. The number of hydrogen-bond acceptors (Lipinski definition) is 6. The Morgan fingerprint density at radius 3 is 2.74 bits per heavy atom. The number of methoxy groups -OCH3 is 1. The van der Waals surface area contributed by atoms with E-state index in [0.29, 0.717) is 25.3 Å². The highest BCUT2D eigenvalue weighted by Crippen LogP contribution is 2.39. The fourth-order valence-electron chi connectivity index (χ4n) is 4.39. The number of aromatic nitrogens is 2. The molecule has 0 N–H and O–H groups in total. The van der Waals surface area contributed by atoms with Crippen molar-refractivity contribution in [2.24, 2.45) is 5.41 Å². The van der Waals surface area contributed by atoms with Gasteiger partial charge in [-0.2, -0.15) is 0 Å². The van der Waals surface area contributed by atoms with Crippen molar-refractivity contribution in [3.8, 4) is 17.2 Å². The van der Waals surface area contributed by atoms with Crippen molar-refractivity contribution in [2.45, 2.75) is 53.4 Å². The number of nitrogens with zero attached hydrogens (tertiary/aromatic N) is 2. The van der Waals surface area contributed by atoms with Gasteiger partial charge < -0.3 is 13.9 Å². The average Bonchev–Trinajstić information content (AvgIpc) is 3.19. The van der Waals surface area contributed by atoms with Gasteiger partial charge in [0.2, 0.25) is 5.89 Å². The molecule has 0 saturated heterocycles. The molecule has 0 unspecified atom stereocenters. The van der Waals surface area contributed by atoms with E-state index in [1.807, 2.05) is 52.0 Å². The first kappa shape index (κ1) is 23.7. The molecule has 6 heteroatoms. The molecule has 1 aromatic carbocycles. The molecule has 0 radical (unpaired) electrons. The predicted molar refractivity (Wildman–Crippen MR) is 132 cm³/mol. The predicted octanol–water partition coefficient (Wildman–Crippen LogP) is 5.89. The number of allylic oxidation sites excluding steroid dienone is 2. The lowest BCUT2D eigenvalue weighted by molar-refractivity contribution is -0.150. The Morgan fingerprint density at radius 1 is 1.18 bits per heavy atom. The summed E-state index contributed by atoms with van der Waals surface area (Å²) in [5, 5.41) is 0. The van der Waals surface area contributed by atoms with Crippen LogP contribution in [0.5, 0.6) is 5.75 Å². The van der Waals surface area contributed by atoms with Crippen LogP contribution in [0.25, 0.3) is 17.0 Å². The summed E-state index contributed by atoms with van der Waals surface area (Å²) in [4.78, 5) is 21.2. The number of oxazole rings is 1. The van der Waals surface area contributed by atoms with Crippen LogP contribution in [0.1, 0.15) is 55.0 Å². The number of esters is 1. The van der Waals surface area contributed by atoms with E-state index in [2.05, 4.69) is 22.1 Å². The Hall–Kier alpha value is -3.41. The minimum atomic E-state index is -0.582. The highest BCUT2D eigenvalue weighted by Gasteiger charge is 2.31. The molecule has 0 spiro atoms. The van der Waals surface area contributed by atoms with E-state index < -0.39 is 5.41 Å². The first-order valence-electron chi connectivity index (χ1n) is 11.7. The minimum absolute atomic E-state index is 0.198. The van der Waals surface area contributed by atoms with Crippen LogP contribution in [-0.4, -0.2) is 29.7 Å². The molecular formula is C28H32N2O4. The van der Waals surface area contributed by atoms with E-state index in [9.17, 15) is 4.79 Å². The lowest BCUT2D eigenvalue weighted by atomic mass is 9.79.